The maximum absolute atomic E-state index is 5.24. The third-order valence-electron chi connectivity index (χ3n) is 12.3. The van der Waals surface area contributed by atoms with Gasteiger partial charge in [0.2, 0.25) is 0 Å². The van der Waals surface area contributed by atoms with Crippen molar-refractivity contribution in [3.8, 4) is 51.0 Å². The van der Waals surface area contributed by atoms with Crippen LogP contribution in [-0.4, -0.2) is 27.6 Å². The summed E-state index contributed by atoms with van der Waals surface area (Å²) in [5.74, 6) is 1.87. The van der Waals surface area contributed by atoms with E-state index in [2.05, 4.69) is 212 Å². The van der Waals surface area contributed by atoms with Crippen molar-refractivity contribution in [3.63, 3.8) is 0 Å². The number of aryl methyl sites for hydroxylation is 1. The number of para-hydroxylation sites is 1. The Morgan fingerprint density at radius 2 is 0.778 bits per heavy atom. The average Bonchev–Trinajstić information content (AvgIpc) is 3.69. The second-order valence-corrected chi connectivity index (χ2v) is 19.9. The zero-order valence-corrected chi connectivity index (χ0v) is 35.8. The van der Waals surface area contributed by atoms with Crippen molar-refractivity contribution in [1.29, 1.82) is 0 Å². The van der Waals surface area contributed by atoms with Gasteiger partial charge in [-0.25, -0.2) is 15.0 Å². The van der Waals surface area contributed by atoms with Crippen molar-refractivity contribution in [1.82, 2.24) is 19.5 Å². The van der Waals surface area contributed by atoms with Crippen LogP contribution in [-0.2, 0) is 0 Å². The Kier molecular flexibility index (Phi) is 9.72. The lowest BCUT2D eigenvalue weighted by atomic mass is 10.0. The summed E-state index contributed by atoms with van der Waals surface area (Å²) in [6, 6.07) is 85.2. The topological polar surface area (TPSA) is 43.6 Å². The fourth-order valence-electron chi connectivity index (χ4n) is 9.34. The first-order valence-electron chi connectivity index (χ1n) is 21.4. The number of rotatable bonds is 9. The number of fused-ring (bicyclic) bond motifs is 3. The number of aromatic nitrogens is 4. The molecule has 0 aliphatic heterocycles. The molecule has 298 valence electrons. The zero-order valence-electron chi connectivity index (χ0n) is 34.8. The highest BCUT2D eigenvalue weighted by molar-refractivity contribution is 7.19. The van der Waals surface area contributed by atoms with Crippen LogP contribution in [0.2, 0.25) is 0 Å². The molecule has 0 aliphatic carbocycles. The fourth-order valence-corrected chi connectivity index (χ4v) is 14.1. The molecule has 0 unspecified atom stereocenters. The molecule has 0 radical (unpaired) electrons. The van der Waals surface area contributed by atoms with E-state index < -0.39 is 8.07 Å². The minimum atomic E-state index is -2.69. The number of nitrogens with zero attached hydrogens (tertiary/aromatic N) is 4. The van der Waals surface area contributed by atoms with Gasteiger partial charge in [-0.1, -0.05) is 212 Å². The minimum Gasteiger partial charge on any atom is -0.308 e. The maximum atomic E-state index is 5.24. The molecule has 2 heterocycles. The second kappa shape index (κ2) is 16.1. The monoisotopic (exact) mass is 822 g/mol. The Balaban J connectivity index is 1.14. The summed E-state index contributed by atoms with van der Waals surface area (Å²) in [7, 11) is -2.69. The summed E-state index contributed by atoms with van der Waals surface area (Å²) in [4.78, 5) is 15.5. The minimum absolute atomic E-state index is 0.613. The quantitative estimate of drug-likeness (QED) is 0.108. The van der Waals surface area contributed by atoms with E-state index in [1.54, 1.807) is 0 Å². The zero-order chi connectivity index (χ0) is 42.2. The van der Waals surface area contributed by atoms with E-state index in [0.717, 1.165) is 44.5 Å². The summed E-state index contributed by atoms with van der Waals surface area (Å²) in [6.07, 6.45) is 0. The molecule has 9 aromatic carbocycles. The van der Waals surface area contributed by atoms with Crippen LogP contribution in [0.1, 0.15) is 5.56 Å². The second-order valence-electron chi connectivity index (χ2n) is 16.1. The third kappa shape index (κ3) is 6.76. The van der Waals surface area contributed by atoms with E-state index >= 15 is 0 Å². The standard InChI is InChI=1S/C58H42N4Si/c1-41-31-38-54-52(39-41)50-29-17-18-30-53(50)62(54)55-40-45(34-37-51(55)58-60-56(43-19-7-2-8-20-43)59-57(61-58)44-21-9-3-10-22-44)42-32-35-49(36-33-42)63(46-23-11-4-12-24-46,47-25-13-5-14-26-47)48-27-15-6-16-28-48/h2-40H,1H3. The van der Waals surface area contributed by atoms with Gasteiger partial charge in [0.25, 0.3) is 0 Å². The van der Waals surface area contributed by atoms with Gasteiger partial charge in [0.15, 0.2) is 25.5 Å². The smallest absolute Gasteiger partial charge is 0.179 e. The third-order valence-corrected chi connectivity index (χ3v) is 17.1. The van der Waals surface area contributed by atoms with Gasteiger partial charge in [0.05, 0.1) is 16.7 Å². The molecule has 0 amide bonds. The average molecular weight is 823 g/mol. The van der Waals surface area contributed by atoms with Crippen LogP contribution < -0.4 is 20.7 Å². The van der Waals surface area contributed by atoms with E-state index in [4.69, 9.17) is 15.0 Å². The first-order valence-corrected chi connectivity index (χ1v) is 23.4. The van der Waals surface area contributed by atoms with Gasteiger partial charge in [0, 0.05) is 27.5 Å². The van der Waals surface area contributed by atoms with Gasteiger partial charge in [-0.15, -0.1) is 0 Å². The van der Waals surface area contributed by atoms with Crippen molar-refractivity contribution < 1.29 is 0 Å². The summed E-state index contributed by atoms with van der Waals surface area (Å²) in [5, 5.41) is 7.80. The van der Waals surface area contributed by atoms with E-state index in [1.807, 2.05) is 36.4 Å². The molecule has 0 N–H and O–H groups in total. The highest BCUT2D eigenvalue weighted by Gasteiger charge is 2.41. The summed E-state index contributed by atoms with van der Waals surface area (Å²) >= 11 is 0. The Hall–Kier alpha value is -7.99. The molecule has 11 aromatic rings. The van der Waals surface area contributed by atoms with Crippen molar-refractivity contribution in [2.75, 3.05) is 0 Å². The Morgan fingerprint density at radius 3 is 1.33 bits per heavy atom. The number of hydrogen-bond donors (Lipinski definition) is 0. The van der Waals surface area contributed by atoms with Crippen molar-refractivity contribution in [2.24, 2.45) is 0 Å². The fraction of sp³-hybridized carbons (Fsp3) is 0.0172. The molecule has 5 heteroatoms. The van der Waals surface area contributed by atoms with Gasteiger partial charge in [0.1, 0.15) is 0 Å². The Bertz CT molecular complexity index is 3220. The molecule has 0 spiro atoms. The van der Waals surface area contributed by atoms with Crippen LogP contribution in [0.5, 0.6) is 0 Å². The summed E-state index contributed by atoms with van der Waals surface area (Å²) in [6.45, 7) is 2.16. The van der Waals surface area contributed by atoms with E-state index in [1.165, 1.54) is 37.1 Å². The summed E-state index contributed by atoms with van der Waals surface area (Å²) < 4.78 is 2.39. The highest BCUT2D eigenvalue weighted by atomic mass is 28.3. The SMILES string of the molecule is Cc1ccc2c(c1)c1ccccc1n2-c1cc(-c2ccc([Si](c3ccccc3)(c3ccccc3)c3ccccc3)cc2)ccc1-c1nc(-c2ccccc2)nc(-c2ccccc2)n1. The van der Waals surface area contributed by atoms with Gasteiger partial charge in [-0.3, -0.25) is 0 Å². The molecule has 0 saturated carbocycles. The van der Waals surface area contributed by atoms with E-state index in [9.17, 15) is 0 Å². The molecule has 0 bridgehead atoms. The molecule has 11 rings (SSSR count). The first-order chi connectivity index (χ1) is 31.1. The van der Waals surface area contributed by atoms with Crippen LogP contribution in [0.15, 0.2) is 237 Å². The van der Waals surface area contributed by atoms with Gasteiger partial charge in [-0.05, 0) is 69.1 Å². The number of hydrogen-bond acceptors (Lipinski definition) is 3. The molecule has 0 fully saturated rings. The van der Waals surface area contributed by atoms with Crippen LogP contribution in [0.25, 0.3) is 72.8 Å². The lowest BCUT2D eigenvalue weighted by Crippen LogP contribution is -2.74. The Morgan fingerprint density at radius 1 is 0.333 bits per heavy atom. The summed E-state index contributed by atoms with van der Waals surface area (Å²) in [5.41, 5.74) is 9.48. The molecular formula is C58H42N4Si. The molecule has 0 atom stereocenters. The predicted molar refractivity (Wildman–Crippen MR) is 264 cm³/mol. The molecule has 63 heavy (non-hydrogen) atoms. The van der Waals surface area contributed by atoms with Crippen LogP contribution in [0, 0.1) is 6.92 Å². The molecular weight excluding hydrogens is 781 g/mol. The molecule has 0 aliphatic rings. The lowest BCUT2D eigenvalue weighted by Gasteiger charge is -2.34. The van der Waals surface area contributed by atoms with Gasteiger partial charge in [-0.2, -0.15) is 0 Å². The predicted octanol–water partition coefficient (Wildman–Crippen LogP) is 11.3. The van der Waals surface area contributed by atoms with Crippen LogP contribution in [0.4, 0.5) is 0 Å². The Labute approximate surface area is 368 Å². The van der Waals surface area contributed by atoms with Gasteiger partial charge < -0.3 is 4.57 Å². The first kappa shape index (κ1) is 38.0. The number of benzene rings is 9. The molecule has 0 saturated heterocycles. The molecule has 4 nitrogen and oxygen atoms in total. The maximum Gasteiger partial charge on any atom is 0.179 e. The van der Waals surface area contributed by atoms with E-state index in [-0.39, 0.29) is 0 Å². The van der Waals surface area contributed by atoms with Crippen molar-refractivity contribution in [2.45, 2.75) is 6.92 Å². The normalized spacial score (nSPS) is 11.6. The van der Waals surface area contributed by atoms with Crippen LogP contribution in [0.3, 0.4) is 0 Å². The van der Waals surface area contributed by atoms with Crippen molar-refractivity contribution in [3.05, 3.63) is 242 Å². The van der Waals surface area contributed by atoms with E-state index in [0.29, 0.717) is 17.5 Å². The van der Waals surface area contributed by atoms with Gasteiger partial charge >= 0.3 is 0 Å². The van der Waals surface area contributed by atoms with Crippen molar-refractivity contribution >= 4 is 50.6 Å². The highest BCUT2D eigenvalue weighted by Crippen LogP contribution is 2.38. The molecule has 2 aromatic heterocycles. The van der Waals surface area contributed by atoms with Crippen LogP contribution >= 0.6 is 0 Å². The largest absolute Gasteiger partial charge is 0.308 e. The lowest BCUT2D eigenvalue weighted by molar-refractivity contribution is 1.06.